The number of fused-ring (bicyclic) bond motifs is 3. The van der Waals surface area contributed by atoms with Crippen molar-refractivity contribution in [3.05, 3.63) is 87.5 Å². The van der Waals surface area contributed by atoms with E-state index in [2.05, 4.69) is 34.7 Å². The fourth-order valence-electron chi connectivity index (χ4n) is 3.73. The lowest BCUT2D eigenvalue weighted by Gasteiger charge is -2.23. The van der Waals surface area contributed by atoms with E-state index < -0.39 is 18.6 Å². The Morgan fingerprint density at radius 3 is 2.03 bits per heavy atom. The van der Waals surface area contributed by atoms with Crippen molar-refractivity contribution in [3.63, 3.8) is 0 Å². The van der Waals surface area contributed by atoms with Gasteiger partial charge >= 0.3 is 12.1 Å². The van der Waals surface area contributed by atoms with Gasteiger partial charge in [0.1, 0.15) is 13.2 Å². The van der Waals surface area contributed by atoms with Gasteiger partial charge < -0.3 is 9.84 Å². The Morgan fingerprint density at radius 2 is 1.45 bits per heavy atom. The molecule has 0 unspecified atom stereocenters. The lowest BCUT2D eigenvalue weighted by Crippen LogP contribution is -2.37. The van der Waals surface area contributed by atoms with Crippen molar-refractivity contribution in [3.8, 4) is 11.1 Å². The highest BCUT2D eigenvalue weighted by Crippen LogP contribution is 2.44. The number of aliphatic carboxylic acids is 1. The maximum Gasteiger partial charge on any atom is 0.414 e. The molecule has 4 rings (SSSR count). The Balaban J connectivity index is 1.58. The van der Waals surface area contributed by atoms with Gasteiger partial charge in [0.25, 0.3) is 0 Å². The number of ether oxygens (including phenoxy) is 1. The molecule has 29 heavy (non-hydrogen) atoms. The van der Waals surface area contributed by atoms with Crippen LogP contribution in [0, 0.1) is 3.57 Å². The van der Waals surface area contributed by atoms with Crippen LogP contribution in [0.25, 0.3) is 11.1 Å². The first-order chi connectivity index (χ1) is 14.1. The molecule has 5 nitrogen and oxygen atoms in total. The summed E-state index contributed by atoms with van der Waals surface area (Å²) in [6, 6.07) is 23.3. The number of nitrogens with zero attached hydrogens (tertiary/aromatic N) is 1. The first-order valence-corrected chi connectivity index (χ1v) is 10.2. The second-order valence-corrected chi connectivity index (χ2v) is 7.90. The van der Waals surface area contributed by atoms with Crippen LogP contribution < -0.4 is 4.90 Å². The van der Waals surface area contributed by atoms with E-state index in [0.29, 0.717) is 5.69 Å². The van der Waals surface area contributed by atoms with Gasteiger partial charge in [-0.2, -0.15) is 0 Å². The van der Waals surface area contributed by atoms with E-state index in [1.807, 2.05) is 48.5 Å². The maximum atomic E-state index is 12.8. The summed E-state index contributed by atoms with van der Waals surface area (Å²) < 4.78 is 6.41. The molecule has 6 heteroatoms. The van der Waals surface area contributed by atoms with E-state index in [1.54, 1.807) is 12.1 Å². The van der Waals surface area contributed by atoms with Crippen molar-refractivity contribution in [2.24, 2.45) is 0 Å². The molecule has 0 radical (unpaired) electrons. The minimum atomic E-state index is -1.10. The number of hydrogen-bond donors (Lipinski definition) is 1. The average molecular weight is 499 g/mol. The van der Waals surface area contributed by atoms with Crippen LogP contribution >= 0.6 is 22.6 Å². The van der Waals surface area contributed by atoms with Crippen LogP contribution in [0.2, 0.25) is 0 Å². The maximum absolute atomic E-state index is 12.8. The highest BCUT2D eigenvalue weighted by Gasteiger charge is 2.30. The monoisotopic (exact) mass is 499 g/mol. The highest BCUT2D eigenvalue weighted by atomic mass is 127. The third-order valence-corrected chi connectivity index (χ3v) is 5.91. The molecule has 1 amide bonds. The number of hydrogen-bond acceptors (Lipinski definition) is 3. The number of amides is 1. The van der Waals surface area contributed by atoms with Crippen LogP contribution in [0.3, 0.4) is 0 Å². The Labute approximate surface area is 182 Å². The predicted octanol–water partition coefficient (Wildman–Crippen LogP) is 5.13. The standard InChI is InChI=1S/C23H18INO4/c24-20-11-5-6-12-21(20)25(13-22(26)27)23(28)29-14-19-17-9-3-1-7-15(17)16-8-2-4-10-18(16)19/h1-12,19H,13-14H2,(H,26,27). The quantitative estimate of drug-likeness (QED) is 0.495. The highest BCUT2D eigenvalue weighted by molar-refractivity contribution is 14.1. The van der Waals surface area contributed by atoms with E-state index in [-0.39, 0.29) is 12.5 Å². The van der Waals surface area contributed by atoms with Crippen molar-refractivity contribution in [1.82, 2.24) is 0 Å². The second-order valence-electron chi connectivity index (χ2n) is 6.74. The summed E-state index contributed by atoms with van der Waals surface area (Å²) in [6.45, 7) is -0.316. The third-order valence-electron chi connectivity index (χ3n) is 4.99. The number of carboxylic acids is 1. The molecule has 0 saturated carbocycles. The zero-order valence-electron chi connectivity index (χ0n) is 15.4. The summed E-state index contributed by atoms with van der Waals surface area (Å²) in [5, 5.41) is 9.27. The molecule has 0 spiro atoms. The lowest BCUT2D eigenvalue weighted by molar-refractivity contribution is -0.135. The van der Waals surface area contributed by atoms with Gasteiger partial charge in [-0.15, -0.1) is 0 Å². The molecule has 0 saturated heterocycles. The van der Waals surface area contributed by atoms with Crippen LogP contribution in [-0.2, 0) is 9.53 Å². The summed E-state index contributed by atoms with van der Waals surface area (Å²) in [5.74, 6) is -1.17. The molecule has 0 atom stereocenters. The van der Waals surface area contributed by atoms with Crippen molar-refractivity contribution in [2.45, 2.75) is 5.92 Å². The molecule has 0 fully saturated rings. The van der Waals surface area contributed by atoms with E-state index in [4.69, 9.17) is 4.74 Å². The molecule has 0 aliphatic heterocycles. The SMILES string of the molecule is O=C(O)CN(C(=O)OCC1c2ccccc2-c2ccccc21)c1ccccc1I. The average Bonchev–Trinajstić information content (AvgIpc) is 3.05. The number of carbonyl (C=O) groups is 2. The normalized spacial score (nSPS) is 12.2. The van der Waals surface area contributed by atoms with Crippen LogP contribution in [0.15, 0.2) is 72.8 Å². The first-order valence-electron chi connectivity index (χ1n) is 9.15. The van der Waals surface area contributed by atoms with Gasteiger partial charge in [0, 0.05) is 9.49 Å². The number of rotatable bonds is 5. The fraction of sp³-hybridized carbons (Fsp3) is 0.130. The molecule has 0 aromatic heterocycles. The molecule has 146 valence electrons. The molecule has 1 aliphatic carbocycles. The number of anilines is 1. The smallest absolute Gasteiger partial charge is 0.414 e. The Morgan fingerprint density at radius 1 is 0.897 bits per heavy atom. The molecule has 3 aromatic rings. The topological polar surface area (TPSA) is 66.8 Å². The van der Waals surface area contributed by atoms with Crippen LogP contribution in [0.1, 0.15) is 17.0 Å². The molecular weight excluding hydrogens is 481 g/mol. The lowest BCUT2D eigenvalue weighted by atomic mass is 9.98. The number of carboxylic acid groups (broad SMARTS) is 1. The summed E-state index contributed by atoms with van der Waals surface area (Å²) in [7, 11) is 0. The van der Waals surface area contributed by atoms with Crippen molar-refractivity contribution >= 4 is 40.3 Å². The van der Waals surface area contributed by atoms with E-state index in [9.17, 15) is 14.7 Å². The number of para-hydroxylation sites is 1. The van der Waals surface area contributed by atoms with Crippen molar-refractivity contribution in [2.75, 3.05) is 18.1 Å². The van der Waals surface area contributed by atoms with Gasteiger partial charge in [0.15, 0.2) is 0 Å². The summed E-state index contributed by atoms with van der Waals surface area (Å²) in [5.41, 5.74) is 5.03. The van der Waals surface area contributed by atoms with E-state index in [1.165, 1.54) is 0 Å². The van der Waals surface area contributed by atoms with Gasteiger partial charge in [-0.25, -0.2) is 4.79 Å². The van der Waals surface area contributed by atoms with E-state index >= 15 is 0 Å². The second kappa shape index (κ2) is 8.24. The minimum Gasteiger partial charge on any atom is -0.480 e. The van der Waals surface area contributed by atoms with Gasteiger partial charge in [0.05, 0.1) is 5.69 Å². The third kappa shape index (κ3) is 3.85. The Kier molecular flexibility index (Phi) is 5.53. The summed E-state index contributed by atoms with van der Waals surface area (Å²) >= 11 is 2.08. The Bertz CT molecular complexity index is 1040. The Hall–Kier alpha value is -2.87. The van der Waals surface area contributed by atoms with Crippen molar-refractivity contribution in [1.29, 1.82) is 0 Å². The molecule has 0 heterocycles. The van der Waals surface area contributed by atoms with Crippen LogP contribution in [0.5, 0.6) is 0 Å². The van der Waals surface area contributed by atoms with Crippen molar-refractivity contribution < 1.29 is 19.4 Å². The molecule has 3 aromatic carbocycles. The molecular formula is C23H18INO4. The molecule has 1 aliphatic rings. The van der Waals surface area contributed by atoms with Crippen LogP contribution in [-0.4, -0.2) is 30.3 Å². The van der Waals surface area contributed by atoms with E-state index in [0.717, 1.165) is 30.7 Å². The number of carbonyl (C=O) groups excluding carboxylic acids is 1. The first kappa shape index (κ1) is 19.4. The summed E-state index contributed by atoms with van der Waals surface area (Å²) in [6.07, 6.45) is -0.668. The zero-order valence-corrected chi connectivity index (χ0v) is 17.6. The molecule has 1 N–H and O–H groups in total. The molecule has 0 bridgehead atoms. The van der Waals surface area contributed by atoms with Gasteiger partial charge in [0.2, 0.25) is 0 Å². The zero-order chi connectivity index (χ0) is 20.4. The largest absolute Gasteiger partial charge is 0.480 e. The van der Waals surface area contributed by atoms with Gasteiger partial charge in [-0.3, -0.25) is 9.69 Å². The predicted molar refractivity (Wildman–Crippen MR) is 119 cm³/mol. The number of halogens is 1. The van der Waals surface area contributed by atoms with Gasteiger partial charge in [-0.05, 0) is 57.0 Å². The minimum absolute atomic E-state index is 0.0760. The summed E-state index contributed by atoms with van der Waals surface area (Å²) in [4.78, 5) is 25.3. The number of benzene rings is 3. The fourth-order valence-corrected chi connectivity index (χ4v) is 4.40. The van der Waals surface area contributed by atoms with Crippen LogP contribution in [0.4, 0.5) is 10.5 Å². The van der Waals surface area contributed by atoms with Gasteiger partial charge in [-0.1, -0.05) is 60.7 Å².